The van der Waals surface area contributed by atoms with E-state index in [-0.39, 0.29) is 34.9 Å². The van der Waals surface area contributed by atoms with Crippen molar-refractivity contribution in [1.29, 1.82) is 5.26 Å². The average molecular weight is 499 g/mol. The maximum atomic E-state index is 13.8. The van der Waals surface area contributed by atoms with E-state index in [0.717, 1.165) is 6.07 Å². The van der Waals surface area contributed by atoms with Crippen LogP contribution in [0, 0.1) is 18.3 Å². The van der Waals surface area contributed by atoms with Crippen LogP contribution >= 0.6 is 0 Å². The lowest BCUT2D eigenvalue weighted by Gasteiger charge is -2.28. The standard InChI is InChI=1S/C25H24F3N5O3/c1-15-31-23(33-6-8-35-9-7-33)12-24(32-15)36-22-10-16(13-29)2-4-18(22)17-3-5-19(21(34)14-30)20(11-17)25(26,27)28/h2-5,10-12,21,34H,6-9,14,30H2,1H3. The van der Waals surface area contributed by atoms with Crippen molar-refractivity contribution >= 4 is 5.82 Å². The van der Waals surface area contributed by atoms with E-state index in [2.05, 4.69) is 9.97 Å². The normalized spacial score (nSPS) is 14.9. The molecule has 3 N–H and O–H groups in total. The highest BCUT2D eigenvalue weighted by molar-refractivity contribution is 5.73. The number of aliphatic hydroxyl groups excluding tert-OH is 1. The summed E-state index contributed by atoms with van der Waals surface area (Å²) in [6.07, 6.45) is -6.18. The summed E-state index contributed by atoms with van der Waals surface area (Å²) in [5.41, 5.74) is 4.85. The third-order valence-corrected chi connectivity index (χ3v) is 5.71. The van der Waals surface area contributed by atoms with Gasteiger partial charge in [-0.1, -0.05) is 12.1 Å². The van der Waals surface area contributed by atoms with Gasteiger partial charge in [-0.05, 0) is 42.3 Å². The Morgan fingerprint density at radius 1 is 1.17 bits per heavy atom. The molecular weight excluding hydrogens is 475 g/mol. The summed E-state index contributed by atoms with van der Waals surface area (Å²) in [4.78, 5) is 10.8. The number of rotatable bonds is 6. The molecular formula is C25H24F3N5O3. The number of alkyl halides is 3. The number of ether oxygens (including phenoxy) is 2. The van der Waals surface area contributed by atoms with E-state index in [4.69, 9.17) is 15.2 Å². The lowest BCUT2D eigenvalue weighted by molar-refractivity contribution is -0.139. The van der Waals surface area contributed by atoms with Crippen molar-refractivity contribution in [3.05, 3.63) is 65.0 Å². The molecule has 1 fully saturated rings. The molecule has 8 nitrogen and oxygen atoms in total. The maximum Gasteiger partial charge on any atom is 0.416 e. The number of nitrogens with zero attached hydrogens (tertiary/aromatic N) is 4. The minimum absolute atomic E-state index is 0.153. The maximum absolute atomic E-state index is 13.8. The van der Waals surface area contributed by atoms with Crippen LogP contribution in [0.25, 0.3) is 11.1 Å². The Kier molecular flexibility index (Phi) is 7.40. The molecule has 0 spiro atoms. The molecule has 1 saturated heterocycles. The van der Waals surface area contributed by atoms with Gasteiger partial charge in [-0.3, -0.25) is 0 Å². The first-order valence-electron chi connectivity index (χ1n) is 11.2. The summed E-state index contributed by atoms with van der Waals surface area (Å²) in [6, 6.07) is 11.7. The zero-order valence-electron chi connectivity index (χ0n) is 19.4. The topological polar surface area (TPSA) is 118 Å². The second-order valence-electron chi connectivity index (χ2n) is 8.19. The summed E-state index contributed by atoms with van der Waals surface area (Å²) in [5, 5.41) is 19.4. The van der Waals surface area contributed by atoms with Crippen molar-refractivity contribution in [2.75, 3.05) is 37.7 Å². The van der Waals surface area contributed by atoms with Gasteiger partial charge in [-0.25, -0.2) is 4.98 Å². The lowest BCUT2D eigenvalue weighted by atomic mass is 9.95. The quantitative estimate of drug-likeness (QED) is 0.523. The highest BCUT2D eigenvalue weighted by Gasteiger charge is 2.35. The van der Waals surface area contributed by atoms with E-state index < -0.39 is 17.8 Å². The van der Waals surface area contributed by atoms with Gasteiger partial charge >= 0.3 is 6.18 Å². The highest BCUT2D eigenvalue weighted by Crippen LogP contribution is 2.40. The average Bonchev–Trinajstić information content (AvgIpc) is 2.87. The second-order valence-corrected chi connectivity index (χ2v) is 8.19. The fourth-order valence-corrected chi connectivity index (χ4v) is 3.95. The van der Waals surface area contributed by atoms with Gasteiger partial charge in [0.15, 0.2) is 0 Å². The van der Waals surface area contributed by atoms with Crippen molar-refractivity contribution in [2.24, 2.45) is 5.73 Å². The number of hydrogen-bond donors (Lipinski definition) is 2. The zero-order chi connectivity index (χ0) is 25.9. The van der Waals surface area contributed by atoms with Crippen LogP contribution in [0.1, 0.15) is 28.6 Å². The number of anilines is 1. The number of nitriles is 1. The Morgan fingerprint density at radius 2 is 1.92 bits per heavy atom. The predicted octanol–water partition coefficient (Wildman–Crippen LogP) is 3.96. The first-order chi connectivity index (χ1) is 17.2. The van der Waals surface area contributed by atoms with E-state index in [1.165, 1.54) is 30.3 Å². The Morgan fingerprint density at radius 3 is 2.58 bits per heavy atom. The molecule has 3 aromatic rings. The smallest absolute Gasteiger partial charge is 0.416 e. The molecule has 0 saturated carbocycles. The Labute approximate surface area is 205 Å². The van der Waals surface area contributed by atoms with E-state index in [9.17, 15) is 23.5 Å². The SMILES string of the molecule is Cc1nc(Oc2cc(C#N)ccc2-c2ccc(C(O)CN)c(C(F)(F)F)c2)cc(N2CCOCC2)n1. The molecule has 1 unspecified atom stereocenters. The van der Waals surface area contributed by atoms with Crippen molar-refractivity contribution in [2.45, 2.75) is 19.2 Å². The van der Waals surface area contributed by atoms with Crippen LogP contribution in [-0.4, -0.2) is 47.9 Å². The molecule has 2 heterocycles. The van der Waals surface area contributed by atoms with Crippen LogP contribution in [0.4, 0.5) is 19.0 Å². The first kappa shape index (κ1) is 25.4. The zero-order valence-corrected chi connectivity index (χ0v) is 19.4. The number of aromatic nitrogens is 2. The number of nitrogens with two attached hydrogens (primary N) is 1. The van der Waals surface area contributed by atoms with Crippen LogP contribution in [0.2, 0.25) is 0 Å². The number of benzene rings is 2. The minimum atomic E-state index is -4.72. The van der Waals surface area contributed by atoms with E-state index >= 15 is 0 Å². The van der Waals surface area contributed by atoms with Gasteiger partial charge in [-0.2, -0.15) is 23.4 Å². The van der Waals surface area contributed by atoms with E-state index in [1.54, 1.807) is 13.0 Å². The molecule has 2 aromatic carbocycles. The van der Waals surface area contributed by atoms with Gasteiger partial charge in [0.25, 0.3) is 0 Å². The number of halogens is 3. The summed E-state index contributed by atoms with van der Waals surface area (Å²) in [7, 11) is 0. The second kappa shape index (κ2) is 10.5. The molecule has 0 aliphatic carbocycles. The van der Waals surface area contributed by atoms with Crippen molar-refractivity contribution in [1.82, 2.24) is 9.97 Å². The molecule has 1 atom stereocenters. The number of aryl methyl sites for hydroxylation is 1. The first-order valence-corrected chi connectivity index (χ1v) is 11.2. The Balaban J connectivity index is 1.77. The van der Waals surface area contributed by atoms with Crippen molar-refractivity contribution < 1.29 is 27.8 Å². The summed E-state index contributed by atoms with van der Waals surface area (Å²) >= 11 is 0. The van der Waals surface area contributed by atoms with Crippen LogP contribution in [0.5, 0.6) is 11.6 Å². The van der Waals surface area contributed by atoms with Gasteiger partial charge < -0.3 is 25.2 Å². The third-order valence-electron chi connectivity index (χ3n) is 5.71. The molecule has 0 radical (unpaired) electrons. The van der Waals surface area contributed by atoms with Crippen LogP contribution in [-0.2, 0) is 10.9 Å². The lowest BCUT2D eigenvalue weighted by Crippen LogP contribution is -2.36. The molecule has 188 valence electrons. The fraction of sp³-hybridized carbons (Fsp3) is 0.320. The van der Waals surface area contributed by atoms with Gasteiger partial charge in [0, 0.05) is 31.3 Å². The van der Waals surface area contributed by atoms with Crippen LogP contribution in [0.15, 0.2) is 42.5 Å². The predicted molar refractivity (Wildman–Crippen MR) is 125 cm³/mol. The molecule has 36 heavy (non-hydrogen) atoms. The molecule has 1 aliphatic rings. The summed E-state index contributed by atoms with van der Waals surface area (Å²) < 4.78 is 52.9. The van der Waals surface area contributed by atoms with Gasteiger partial charge in [-0.15, -0.1) is 0 Å². The number of aliphatic hydroxyl groups is 1. The molecule has 11 heteroatoms. The molecule has 0 bridgehead atoms. The monoisotopic (exact) mass is 499 g/mol. The summed E-state index contributed by atoms with van der Waals surface area (Å²) in [5.74, 6) is 1.43. The van der Waals surface area contributed by atoms with Gasteiger partial charge in [0.1, 0.15) is 17.4 Å². The fourth-order valence-electron chi connectivity index (χ4n) is 3.95. The molecule has 1 aliphatic heterocycles. The molecule has 1 aromatic heterocycles. The molecule has 4 rings (SSSR count). The molecule has 0 amide bonds. The number of morpholine rings is 1. The van der Waals surface area contributed by atoms with Gasteiger partial charge in [0.05, 0.1) is 36.5 Å². The highest BCUT2D eigenvalue weighted by atomic mass is 19.4. The van der Waals surface area contributed by atoms with Crippen LogP contribution < -0.4 is 15.4 Å². The van der Waals surface area contributed by atoms with E-state index in [1.807, 2.05) is 11.0 Å². The summed E-state index contributed by atoms with van der Waals surface area (Å²) in [6.45, 7) is 3.76. The minimum Gasteiger partial charge on any atom is -0.438 e. The van der Waals surface area contributed by atoms with Crippen molar-refractivity contribution in [3.8, 4) is 28.8 Å². The van der Waals surface area contributed by atoms with Crippen LogP contribution in [0.3, 0.4) is 0 Å². The third kappa shape index (κ3) is 5.57. The Bertz CT molecular complexity index is 1290. The Hall–Kier alpha value is -3.72. The van der Waals surface area contributed by atoms with E-state index in [0.29, 0.717) is 43.5 Å². The van der Waals surface area contributed by atoms with Crippen molar-refractivity contribution in [3.63, 3.8) is 0 Å². The largest absolute Gasteiger partial charge is 0.438 e. The van der Waals surface area contributed by atoms with Gasteiger partial charge in [0.2, 0.25) is 5.88 Å². The number of hydrogen-bond acceptors (Lipinski definition) is 8.